The molecule has 2 rings (SSSR count). The molecule has 1 aromatic carbocycles. The molecule has 7 nitrogen and oxygen atoms in total. The van der Waals surface area contributed by atoms with Gasteiger partial charge in [0.15, 0.2) is 0 Å². The normalized spacial score (nSPS) is 11.0. The Labute approximate surface area is 120 Å². The van der Waals surface area contributed by atoms with E-state index in [1.165, 1.54) is 30.6 Å². The molecule has 0 aliphatic rings. The van der Waals surface area contributed by atoms with Gasteiger partial charge in [0, 0.05) is 6.20 Å². The van der Waals surface area contributed by atoms with Gasteiger partial charge >= 0.3 is 0 Å². The third-order valence-electron chi connectivity index (χ3n) is 2.51. The molecule has 7 heteroatoms. The number of carbonyl (C=O) groups excluding carboxylic acids is 1. The lowest BCUT2D eigenvalue weighted by Crippen LogP contribution is -2.17. The Kier molecular flexibility index (Phi) is 4.60. The quantitative estimate of drug-likeness (QED) is 0.447. The van der Waals surface area contributed by atoms with Gasteiger partial charge in [0.2, 0.25) is 0 Å². The van der Waals surface area contributed by atoms with Crippen molar-refractivity contribution in [2.45, 2.75) is 0 Å². The number of carbonyl (C=O) groups is 1. The van der Waals surface area contributed by atoms with Gasteiger partial charge in [0.25, 0.3) is 5.91 Å². The lowest BCUT2D eigenvalue weighted by atomic mass is 10.2. The fourth-order valence-electron chi connectivity index (χ4n) is 1.47. The van der Waals surface area contributed by atoms with Gasteiger partial charge in [-0.1, -0.05) is 5.16 Å². The molecule has 0 atom stereocenters. The second kappa shape index (κ2) is 6.80. The minimum absolute atomic E-state index is 0.161. The molecule has 106 valence electrons. The van der Waals surface area contributed by atoms with E-state index >= 15 is 0 Å². The van der Waals surface area contributed by atoms with E-state index in [2.05, 4.69) is 20.7 Å². The minimum Gasteiger partial charge on any atom is -0.508 e. The molecule has 0 spiro atoms. The molecule has 1 heterocycles. The number of rotatable bonds is 4. The number of nitrogens with zero attached hydrogens (tertiary/aromatic N) is 3. The fourth-order valence-corrected chi connectivity index (χ4v) is 1.47. The van der Waals surface area contributed by atoms with Crippen LogP contribution in [0.4, 0.5) is 0 Å². The summed E-state index contributed by atoms with van der Waals surface area (Å²) in [6.45, 7) is 0. The maximum Gasteiger partial charge on any atom is 0.272 e. The van der Waals surface area contributed by atoms with Crippen molar-refractivity contribution in [1.82, 2.24) is 10.4 Å². The molecular weight excluding hydrogens is 272 g/mol. The molecule has 0 fully saturated rings. The first kappa shape index (κ1) is 14.2. The first-order valence-corrected chi connectivity index (χ1v) is 5.95. The van der Waals surface area contributed by atoms with Crippen molar-refractivity contribution in [3.05, 3.63) is 59.4 Å². The minimum atomic E-state index is -0.412. The fraction of sp³-hybridized carbons (Fsp3) is 0. The third kappa shape index (κ3) is 4.13. The number of amides is 1. The molecule has 0 saturated heterocycles. The van der Waals surface area contributed by atoms with Crippen molar-refractivity contribution in [3.63, 3.8) is 0 Å². The van der Waals surface area contributed by atoms with Gasteiger partial charge in [-0.05, 0) is 42.0 Å². The summed E-state index contributed by atoms with van der Waals surface area (Å²) in [5, 5.41) is 24.1. The van der Waals surface area contributed by atoms with Gasteiger partial charge in [-0.3, -0.25) is 9.78 Å². The van der Waals surface area contributed by atoms with Crippen molar-refractivity contribution in [2.24, 2.45) is 10.3 Å². The smallest absolute Gasteiger partial charge is 0.272 e. The molecule has 21 heavy (non-hydrogen) atoms. The van der Waals surface area contributed by atoms with Gasteiger partial charge in [0.05, 0.1) is 23.7 Å². The summed E-state index contributed by atoms with van der Waals surface area (Å²) in [7, 11) is 0. The van der Waals surface area contributed by atoms with E-state index in [-0.39, 0.29) is 5.75 Å². The van der Waals surface area contributed by atoms with Crippen molar-refractivity contribution < 1.29 is 15.1 Å². The molecule has 0 radical (unpaired) electrons. The average molecular weight is 284 g/mol. The number of phenolic OH excluding ortho intramolecular Hbond substituents is 1. The van der Waals surface area contributed by atoms with E-state index in [0.29, 0.717) is 11.3 Å². The van der Waals surface area contributed by atoms with Crippen LogP contribution in [0.25, 0.3) is 0 Å². The highest BCUT2D eigenvalue weighted by atomic mass is 16.4. The van der Waals surface area contributed by atoms with E-state index < -0.39 is 5.91 Å². The predicted octanol–water partition coefficient (Wildman–Crippen LogP) is 1.36. The second-order valence-corrected chi connectivity index (χ2v) is 4.01. The Morgan fingerprint density at radius 3 is 2.52 bits per heavy atom. The molecule has 1 amide bonds. The van der Waals surface area contributed by atoms with Crippen molar-refractivity contribution in [1.29, 1.82) is 0 Å². The molecule has 0 unspecified atom stereocenters. The molecule has 1 aromatic heterocycles. The number of hydrazone groups is 1. The van der Waals surface area contributed by atoms with E-state index in [1.807, 2.05) is 0 Å². The summed E-state index contributed by atoms with van der Waals surface area (Å²) >= 11 is 0. The number of hydrogen-bond acceptors (Lipinski definition) is 6. The first-order valence-electron chi connectivity index (χ1n) is 5.95. The van der Waals surface area contributed by atoms with Crippen LogP contribution >= 0.6 is 0 Å². The van der Waals surface area contributed by atoms with Gasteiger partial charge in [-0.2, -0.15) is 5.10 Å². The predicted molar refractivity (Wildman–Crippen MR) is 76.8 cm³/mol. The van der Waals surface area contributed by atoms with Crippen LogP contribution in [0.5, 0.6) is 5.75 Å². The Balaban J connectivity index is 1.96. The molecule has 0 saturated carbocycles. The van der Waals surface area contributed by atoms with Gasteiger partial charge in [0.1, 0.15) is 5.75 Å². The van der Waals surface area contributed by atoms with Crippen molar-refractivity contribution >= 4 is 18.3 Å². The van der Waals surface area contributed by atoms with E-state index in [0.717, 1.165) is 11.8 Å². The summed E-state index contributed by atoms with van der Waals surface area (Å²) < 4.78 is 0. The number of nitrogens with one attached hydrogen (secondary N) is 1. The molecule has 0 bridgehead atoms. The van der Waals surface area contributed by atoms with Crippen LogP contribution in [0.2, 0.25) is 0 Å². The summed E-state index contributed by atoms with van der Waals surface area (Å²) in [5.74, 6) is -0.251. The number of benzene rings is 1. The highest BCUT2D eigenvalue weighted by Gasteiger charge is 2.04. The molecule has 3 N–H and O–H groups in total. The van der Waals surface area contributed by atoms with Crippen molar-refractivity contribution in [2.75, 3.05) is 0 Å². The number of aromatic nitrogens is 1. The average Bonchev–Trinajstić information content (AvgIpc) is 2.50. The monoisotopic (exact) mass is 284 g/mol. The molecule has 0 aliphatic heterocycles. The largest absolute Gasteiger partial charge is 0.508 e. The standard InChI is InChI=1S/C14H12N4O3/c19-13-5-1-10(2-6-13)7-16-18-14(20)11-3-4-12(9-17-21)15-8-11/h1-9,19,21H,(H,18,20)/b16-7-,17-9-. The maximum absolute atomic E-state index is 11.8. The summed E-state index contributed by atoms with van der Waals surface area (Å²) in [6.07, 6.45) is 3.96. The lowest BCUT2D eigenvalue weighted by Gasteiger charge is -1.99. The van der Waals surface area contributed by atoms with Gasteiger partial charge < -0.3 is 10.3 Å². The molecular formula is C14H12N4O3. The zero-order valence-corrected chi connectivity index (χ0v) is 10.8. The second-order valence-electron chi connectivity index (χ2n) is 4.01. The van der Waals surface area contributed by atoms with Crippen LogP contribution < -0.4 is 5.43 Å². The third-order valence-corrected chi connectivity index (χ3v) is 2.51. The highest BCUT2D eigenvalue weighted by Crippen LogP contribution is 2.07. The van der Waals surface area contributed by atoms with E-state index in [4.69, 9.17) is 10.3 Å². The number of aromatic hydroxyl groups is 1. The van der Waals surface area contributed by atoms with Crippen LogP contribution in [0.15, 0.2) is 52.9 Å². The molecule has 2 aromatic rings. The van der Waals surface area contributed by atoms with E-state index in [9.17, 15) is 4.79 Å². The number of pyridine rings is 1. The summed E-state index contributed by atoms with van der Waals surface area (Å²) in [6, 6.07) is 9.45. The topological polar surface area (TPSA) is 107 Å². The summed E-state index contributed by atoms with van der Waals surface area (Å²) in [5.41, 5.74) is 3.85. The van der Waals surface area contributed by atoms with Gasteiger partial charge in [-0.15, -0.1) is 0 Å². The SMILES string of the molecule is O=C(N/N=C\c1ccc(O)cc1)c1ccc(/C=N\O)nc1. The number of phenols is 1. The maximum atomic E-state index is 11.8. The van der Waals surface area contributed by atoms with Crippen LogP contribution in [0, 0.1) is 0 Å². The number of oxime groups is 1. The van der Waals surface area contributed by atoms with Crippen LogP contribution in [-0.2, 0) is 0 Å². The first-order chi connectivity index (χ1) is 10.2. The highest BCUT2D eigenvalue weighted by molar-refractivity contribution is 5.95. The van der Waals surface area contributed by atoms with Crippen molar-refractivity contribution in [3.8, 4) is 5.75 Å². The van der Waals surface area contributed by atoms with Crippen LogP contribution in [0.3, 0.4) is 0 Å². The zero-order valence-electron chi connectivity index (χ0n) is 10.8. The number of hydrogen-bond donors (Lipinski definition) is 3. The zero-order chi connectivity index (χ0) is 15.1. The Morgan fingerprint density at radius 2 is 1.90 bits per heavy atom. The van der Waals surface area contributed by atoms with Crippen LogP contribution in [-0.4, -0.2) is 33.6 Å². The Morgan fingerprint density at radius 1 is 1.14 bits per heavy atom. The Bertz CT molecular complexity index is 664. The lowest BCUT2D eigenvalue weighted by molar-refractivity contribution is 0.0955. The van der Waals surface area contributed by atoms with Gasteiger partial charge in [-0.25, -0.2) is 5.43 Å². The van der Waals surface area contributed by atoms with Crippen LogP contribution in [0.1, 0.15) is 21.6 Å². The van der Waals surface area contributed by atoms with E-state index in [1.54, 1.807) is 18.2 Å². The molecule has 0 aliphatic carbocycles. The summed E-state index contributed by atoms with van der Waals surface area (Å²) in [4.78, 5) is 15.7. The Hall–Kier alpha value is -3.22.